The van der Waals surface area contributed by atoms with Crippen LogP contribution in [0, 0.1) is 0 Å². The number of hydrogen-bond acceptors (Lipinski definition) is 4. The van der Waals surface area contributed by atoms with Gasteiger partial charge < -0.3 is 9.80 Å². The fourth-order valence-corrected chi connectivity index (χ4v) is 3.30. The van der Waals surface area contributed by atoms with Crippen molar-refractivity contribution in [1.29, 1.82) is 0 Å². The molecular formula is C15H24N4. The summed E-state index contributed by atoms with van der Waals surface area (Å²) < 4.78 is 0. The number of nitrogens with zero attached hydrogens (tertiary/aromatic N) is 4. The van der Waals surface area contributed by atoms with Crippen molar-refractivity contribution in [3.05, 3.63) is 12.3 Å². The Morgan fingerprint density at radius 3 is 2.74 bits per heavy atom. The summed E-state index contributed by atoms with van der Waals surface area (Å²) in [6, 6.07) is 2.74. The lowest BCUT2D eigenvalue weighted by Crippen LogP contribution is -2.39. The molecule has 2 aliphatic heterocycles. The molecule has 3 rings (SSSR count). The number of piperidine rings is 1. The van der Waals surface area contributed by atoms with Gasteiger partial charge in [-0.2, -0.15) is 4.98 Å². The largest absolute Gasteiger partial charge is 0.353 e. The van der Waals surface area contributed by atoms with Gasteiger partial charge in [0.25, 0.3) is 0 Å². The van der Waals surface area contributed by atoms with Crippen molar-refractivity contribution >= 4 is 11.8 Å². The van der Waals surface area contributed by atoms with Crippen LogP contribution in [0.5, 0.6) is 0 Å². The van der Waals surface area contributed by atoms with Crippen LogP contribution in [-0.4, -0.2) is 35.6 Å². The van der Waals surface area contributed by atoms with Gasteiger partial charge in [-0.05, 0) is 44.6 Å². The summed E-state index contributed by atoms with van der Waals surface area (Å²) >= 11 is 0. The quantitative estimate of drug-likeness (QED) is 0.836. The highest BCUT2D eigenvalue weighted by molar-refractivity contribution is 5.45. The van der Waals surface area contributed by atoms with Gasteiger partial charge >= 0.3 is 0 Å². The third-order valence-electron chi connectivity index (χ3n) is 4.41. The molecule has 0 bridgehead atoms. The smallest absolute Gasteiger partial charge is 0.227 e. The van der Waals surface area contributed by atoms with E-state index in [-0.39, 0.29) is 0 Å². The van der Waals surface area contributed by atoms with E-state index in [9.17, 15) is 0 Å². The topological polar surface area (TPSA) is 32.3 Å². The maximum atomic E-state index is 4.82. The van der Waals surface area contributed by atoms with E-state index in [0.717, 1.165) is 31.4 Å². The van der Waals surface area contributed by atoms with Gasteiger partial charge in [0.05, 0.1) is 0 Å². The Bertz CT molecular complexity index is 414. The van der Waals surface area contributed by atoms with Gasteiger partial charge in [-0.15, -0.1) is 0 Å². The predicted octanol–water partition coefficient (Wildman–Crippen LogP) is 2.85. The van der Waals surface area contributed by atoms with Gasteiger partial charge in [0, 0.05) is 31.9 Å². The molecule has 19 heavy (non-hydrogen) atoms. The molecule has 0 aromatic carbocycles. The second-order valence-corrected chi connectivity index (χ2v) is 5.66. The molecule has 2 aliphatic rings. The molecule has 1 aromatic rings. The monoisotopic (exact) mass is 260 g/mol. The molecule has 104 valence electrons. The summed E-state index contributed by atoms with van der Waals surface area (Å²) in [5, 5.41) is 0. The minimum atomic E-state index is 0.662. The van der Waals surface area contributed by atoms with Gasteiger partial charge in [-0.25, -0.2) is 4.98 Å². The summed E-state index contributed by atoms with van der Waals surface area (Å²) in [7, 11) is 0. The van der Waals surface area contributed by atoms with Crippen molar-refractivity contribution in [1.82, 2.24) is 9.97 Å². The molecule has 0 aliphatic carbocycles. The van der Waals surface area contributed by atoms with E-state index in [0.29, 0.717) is 6.04 Å². The third-order valence-corrected chi connectivity index (χ3v) is 4.41. The van der Waals surface area contributed by atoms with E-state index in [1.165, 1.54) is 38.5 Å². The summed E-state index contributed by atoms with van der Waals surface area (Å²) in [5.74, 6) is 2.05. The molecular weight excluding hydrogens is 236 g/mol. The Morgan fingerprint density at radius 1 is 1.16 bits per heavy atom. The standard InChI is InChI=1S/C15H24N4/c1-2-13-7-3-4-12-19(13)14-8-9-16-15(17-14)18-10-5-6-11-18/h8-9,13H,2-7,10-12H2,1H3. The van der Waals surface area contributed by atoms with Crippen LogP contribution in [0.4, 0.5) is 11.8 Å². The first kappa shape index (κ1) is 12.7. The van der Waals surface area contributed by atoms with Gasteiger partial charge in [0.1, 0.15) is 5.82 Å². The van der Waals surface area contributed by atoms with E-state index >= 15 is 0 Å². The van der Waals surface area contributed by atoms with Crippen LogP contribution < -0.4 is 9.80 Å². The molecule has 4 nitrogen and oxygen atoms in total. The third kappa shape index (κ3) is 2.67. The minimum absolute atomic E-state index is 0.662. The van der Waals surface area contributed by atoms with Crippen LogP contribution in [0.25, 0.3) is 0 Å². The fraction of sp³-hybridized carbons (Fsp3) is 0.733. The highest BCUT2D eigenvalue weighted by atomic mass is 15.3. The first-order valence-corrected chi connectivity index (χ1v) is 7.73. The Labute approximate surface area is 115 Å². The van der Waals surface area contributed by atoms with Crippen molar-refractivity contribution < 1.29 is 0 Å². The number of anilines is 2. The molecule has 0 amide bonds. The van der Waals surface area contributed by atoms with Gasteiger partial charge in [-0.3, -0.25) is 0 Å². The Morgan fingerprint density at radius 2 is 1.95 bits per heavy atom. The zero-order valence-electron chi connectivity index (χ0n) is 11.9. The van der Waals surface area contributed by atoms with Gasteiger partial charge in [0.2, 0.25) is 5.95 Å². The molecule has 1 unspecified atom stereocenters. The molecule has 2 fully saturated rings. The van der Waals surface area contributed by atoms with E-state index in [4.69, 9.17) is 4.98 Å². The predicted molar refractivity (Wildman–Crippen MR) is 78.8 cm³/mol. The molecule has 0 N–H and O–H groups in total. The molecule has 0 spiro atoms. The fourth-order valence-electron chi connectivity index (χ4n) is 3.30. The van der Waals surface area contributed by atoms with Crippen molar-refractivity contribution in [2.45, 2.75) is 51.5 Å². The average Bonchev–Trinajstić information content (AvgIpc) is 3.01. The number of aromatic nitrogens is 2. The molecule has 0 radical (unpaired) electrons. The van der Waals surface area contributed by atoms with Crippen molar-refractivity contribution in [2.75, 3.05) is 29.4 Å². The van der Waals surface area contributed by atoms with Crippen molar-refractivity contribution in [3.63, 3.8) is 0 Å². The van der Waals surface area contributed by atoms with Crippen LogP contribution in [0.1, 0.15) is 45.4 Å². The second kappa shape index (κ2) is 5.76. The van der Waals surface area contributed by atoms with Crippen LogP contribution in [0.2, 0.25) is 0 Å². The van der Waals surface area contributed by atoms with Crippen molar-refractivity contribution in [3.8, 4) is 0 Å². The normalized spacial score (nSPS) is 23.9. The van der Waals surface area contributed by atoms with Gasteiger partial charge in [0.15, 0.2) is 0 Å². The van der Waals surface area contributed by atoms with Gasteiger partial charge in [-0.1, -0.05) is 6.92 Å². The summed E-state index contributed by atoms with van der Waals surface area (Å²) in [6.45, 7) is 5.65. The zero-order valence-corrected chi connectivity index (χ0v) is 11.9. The van der Waals surface area contributed by atoms with Crippen LogP contribution >= 0.6 is 0 Å². The molecule has 2 saturated heterocycles. The summed E-state index contributed by atoms with van der Waals surface area (Å²) in [4.78, 5) is 14.1. The molecule has 0 saturated carbocycles. The number of hydrogen-bond donors (Lipinski definition) is 0. The minimum Gasteiger partial charge on any atom is -0.353 e. The second-order valence-electron chi connectivity index (χ2n) is 5.66. The van der Waals surface area contributed by atoms with Crippen LogP contribution in [0.3, 0.4) is 0 Å². The lowest BCUT2D eigenvalue weighted by Gasteiger charge is -2.36. The lowest BCUT2D eigenvalue weighted by atomic mass is 10.0. The first-order chi connectivity index (χ1) is 9.38. The lowest BCUT2D eigenvalue weighted by molar-refractivity contribution is 0.446. The highest BCUT2D eigenvalue weighted by Gasteiger charge is 2.23. The Balaban J connectivity index is 1.81. The molecule has 4 heteroatoms. The first-order valence-electron chi connectivity index (χ1n) is 7.73. The van der Waals surface area contributed by atoms with Crippen LogP contribution in [0.15, 0.2) is 12.3 Å². The molecule has 3 heterocycles. The summed E-state index contributed by atoms with van der Waals surface area (Å²) in [6.07, 6.45) is 9.64. The SMILES string of the molecule is CCC1CCCCN1c1ccnc(N2CCCC2)n1. The maximum absolute atomic E-state index is 4.82. The van der Waals surface area contributed by atoms with E-state index in [1.54, 1.807) is 0 Å². The highest BCUT2D eigenvalue weighted by Crippen LogP contribution is 2.26. The zero-order chi connectivity index (χ0) is 13.1. The molecule has 1 aromatic heterocycles. The number of rotatable bonds is 3. The summed E-state index contributed by atoms with van der Waals surface area (Å²) in [5.41, 5.74) is 0. The van der Waals surface area contributed by atoms with Crippen LogP contribution in [-0.2, 0) is 0 Å². The molecule has 1 atom stereocenters. The van der Waals surface area contributed by atoms with E-state index in [1.807, 2.05) is 6.20 Å². The maximum Gasteiger partial charge on any atom is 0.227 e. The van der Waals surface area contributed by atoms with E-state index < -0.39 is 0 Å². The average molecular weight is 260 g/mol. The Hall–Kier alpha value is -1.32. The Kier molecular flexibility index (Phi) is 3.85. The van der Waals surface area contributed by atoms with Crippen molar-refractivity contribution in [2.24, 2.45) is 0 Å². The van der Waals surface area contributed by atoms with E-state index in [2.05, 4.69) is 27.8 Å².